The van der Waals surface area contributed by atoms with Crippen molar-refractivity contribution in [2.24, 2.45) is 5.92 Å². The van der Waals surface area contributed by atoms with E-state index in [1.54, 1.807) is 19.1 Å². The van der Waals surface area contributed by atoms with Gasteiger partial charge in [-0.05, 0) is 56.4 Å². The summed E-state index contributed by atoms with van der Waals surface area (Å²) in [5.41, 5.74) is 5.57. The third-order valence-corrected chi connectivity index (χ3v) is 6.93. The molecule has 1 aliphatic carbocycles. The van der Waals surface area contributed by atoms with Crippen LogP contribution in [0.2, 0.25) is 5.02 Å². The number of fused-ring (bicyclic) bond motifs is 1. The van der Waals surface area contributed by atoms with E-state index in [4.69, 9.17) is 30.5 Å². The van der Waals surface area contributed by atoms with Crippen LogP contribution < -0.4 is 9.47 Å². The summed E-state index contributed by atoms with van der Waals surface area (Å²) < 4.78 is 23.8. The maximum Gasteiger partial charge on any atom is 0.308 e. The zero-order chi connectivity index (χ0) is 26.5. The van der Waals surface area contributed by atoms with Gasteiger partial charge in [0.1, 0.15) is 29.6 Å². The molecule has 1 aliphatic heterocycles. The first-order valence-corrected chi connectivity index (χ1v) is 13.2. The minimum absolute atomic E-state index is 0.0604. The average molecular weight is 523 g/mol. The van der Waals surface area contributed by atoms with Gasteiger partial charge in [-0.15, -0.1) is 0 Å². The lowest BCUT2D eigenvalue weighted by Crippen LogP contribution is -2.17. The Morgan fingerprint density at radius 2 is 1.78 bits per heavy atom. The Morgan fingerprint density at radius 1 is 1.05 bits per heavy atom. The molecule has 2 aliphatic rings. The molecule has 1 atom stereocenters. The fourth-order valence-corrected chi connectivity index (χ4v) is 4.83. The molecule has 0 bridgehead atoms. The fourth-order valence-electron chi connectivity index (χ4n) is 4.62. The Balaban J connectivity index is 1.42. The lowest BCUT2D eigenvalue weighted by atomic mass is 9.89. The second-order valence-corrected chi connectivity index (χ2v) is 10.3. The van der Waals surface area contributed by atoms with Crippen molar-refractivity contribution in [2.75, 3.05) is 13.2 Å². The van der Waals surface area contributed by atoms with E-state index in [1.165, 1.54) is 23.6 Å². The van der Waals surface area contributed by atoms with Crippen LogP contribution in [-0.4, -0.2) is 25.3 Å². The first-order chi connectivity index (χ1) is 17.7. The minimum atomic E-state index is -0.385. The van der Waals surface area contributed by atoms with E-state index >= 15 is 0 Å². The maximum absolute atomic E-state index is 11.3. The number of ether oxygens (including phenoxy) is 4. The monoisotopic (exact) mass is 522 g/mol. The molecule has 4 rings (SSSR count). The van der Waals surface area contributed by atoms with E-state index in [2.05, 4.69) is 51.1 Å². The van der Waals surface area contributed by atoms with E-state index in [-0.39, 0.29) is 12.1 Å². The van der Waals surface area contributed by atoms with Gasteiger partial charge in [0.2, 0.25) is 0 Å². The highest BCUT2D eigenvalue weighted by atomic mass is 35.5. The van der Waals surface area contributed by atoms with Gasteiger partial charge in [-0.1, -0.05) is 55.8 Å². The van der Waals surface area contributed by atoms with Crippen molar-refractivity contribution in [3.8, 4) is 11.5 Å². The first-order valence-electron chi connectivity index (χ1n) is 12.9. The molecule has 0 saturated carbocycles. The minimum Gasteiger partial charge on any atom is -0.492 e. The number of halogens is 1. The van der Waals surface area contributed by atoms with Crippen molar-refractivity contribution in [3.05, 3.63) is 87.4 Å². The molecule has 0 fully saturated rings. The van der Waals surface area contributed by atoms with Gasteiger partial charge in [0.25, 0.3) is 0 Å². The highest BCUT2D eigenvalue weighted by Crippen LogP contribution is 2.43. The van der Waals surface area contributed by atoms with Crippen molar-refractivity contribution in [1.82, 2.24) is 0 Å². The van der Waals surface area contributed by atoms with Crippen LogP contribution in [0.3, 0.4) is 0 Å². The Bertz CT molecular complexity index is 1240. The average Bonchev–Trinajstić information content (AvgIpc) is 3.29. The molecule has 5 nitrogen and oxygen atoms in total. The molecule has 0 aromatic heterocycles. The molecule has 0 saturated heterocycles. The van der Waals surface area contributed by atoms with Gasteiger partial charge in [0.05, 0.1) is 17.7 Å². The summed E-state index contributed by atoms with van der Waals surface area (Å²) >= 11 is 6.45. The van der Waals surface area contributed by atoms with Crippen molar-refractivity contribution < 1.29 is 23.7 Å². The normalized spacial score (nSPS) is 15.8. The summed E-state index contributed by atoms with van der Waals surface area (Å²) in [6, 6.07) is 13.9. The Labute approximate surface area is 224 Å². The van der Waals surface area contributed by atoms with Gasteiger partial charge >= 0.3 is 5.97 Å². The Morgan fingerprint density at radius 3 is 2.49 bits per heavy atom. The van der Waals surface area contributed by atoms with Crippen LogP contribution in [0.1, 0.15) is 58.1 Å². The van der Waals surface area contributed by atoms with Gasteiger partial charge in [0, 0.05) is 35.6 Å². The van der Waals surface area contributed by atoms with E-state index in [9.17, 15) is 4.79 Å². The summed E-state index contributed by atoms with van der Waals surface area (Å²) in [5.74, 6) is 2.98. The van der Waals surface area contributed by atoms with Crippen LogP contribution in [0.25, 0.3) is 5.57 Å². The standard InChI is InChI=1S/C31H35ClO5/c1-19(2)17-25-28(12-11-24-26(18-35-31(24)25)23-9-7-6-8-10-23)36-20(3)15-16-34-29-14-13-27(37-22(5)33)21(4)30(29)32/h6-10,12-14,19-20H,11,15-18H2,1-5H3. The highest BCUT2D eigenvalue weighted by molar-refractivity contribution is 6.33. The number of esters is 1. The van der Waals surface area contributed by atoms with Crippen LogP contribution in [0.4, 0.5) is 0 Å². The van der Waals surface area contributed by atoms with E-state index < -0.39 is 0 Å². The molecule has 0 radical (unpaired) electrons. The maximum atomic E-state index is 11.3. The summed E-state index contributed by atoms with van der Waals surface area (Å²) in [5, 5.41) is 0.443. The largest absolute Gasteiger partial charge is 0.492 e. The molecule has 0 N–H and O–H groups in total. The van der Waals surface area contributed by atoms with Crippen LogP contribution in [0, 0.1) is 12.8 Å². The van der Waals surface area contributed by atoms with Crippen molar-refractivity contribution in [1.29, 1.82) is 0 Å². The van der Waals surface area contributed by atoms with E-state index in [0.717, 1.165) is 29.9 Å². The summed E-state index contributed by atoms with van der Waals surface area (Å²) in [6.45, 7) is 10.7. The number of rotatable bonds is 10. The number of hydrogen-bond donors (Lipinski definition) is 0. The number of allylic oxidation sites excluding steroid dienone is 3. The second-order valence-electron chi connectivity index (χ2n) is 9.95. The number of hydrogen-bond acceptors (Lipinski definition) is 5. The van der Waals surface area contributed by atoms with Crippen molar-refractivity contribution in [3.63, 3.8) is 0 Å². The summed E-state index contributed by atoms with van der Waals surface area (Å²) in [6.07, 6.45) is 4.50. The Hall–Kier alpha value is -3.18. The SMILES string of the molecule is CC(=O)Oc1ccc(OCCC(C)OC2=CCC3=C(c4ccccc4)COC3=C2CC(C)C)c(Cl)c1C. The highest BCUT2D eigenvalue weighted by Gasteiger charge is 2.31. The molecule has 1 heterocycles. The van der Waals surface area contributed by atoms with Gasteiger partial charge in [0.15, 0.2) is 0 Å². The topological polar surface area (TPSA) is 54.0 Å². The predicted octanol–water partition coefficient (Wildman–Crippen LogP) is 7.82. The van der Waals surface area contributed by atoms with Gasteiger partial charge in [-0.25, -0.2) is 0 Å². The summed E-state index contributed by atoms with van der Waals surface area (Å²) in [4.78, 5) is 11.3. The zero-order valence-corrected chi connectivity index (χ0v) is 23.0. The molecule has 2 aromatic carbocycles. The van der Waals surface area contributed by atoms with Crippen LogP contribution >= 0.6 is 11.6 Å². The zero-order valence-electron chi connectivity index (χ0n) is 22.2. The Kier molecular flexibility index (Phi) is 8.65. The quantitative estimate of drug-likeness (QED) is 0.235. The third kappa shape index (κ3) is 6.40. The molecule has 196 valence electrons. The lowest BCUT2D eigenvalue weighted by Gasteiger charge is -2.25. The number of carbonyl (C=O) groups excluding carboxylic acids is 1. The van der Waals surface area contributed by atoms with Crippen LogP contribution in [-0.2, 0) is 14.3 Å². The van der Waals surface area contributed by atoms with Crippen LogP contribution in [0.5, 0.6) is 11.5 Å². The van der Waals surface area contributed by atoms with Crippen molar-refractivity contribution in [2.45, 2.75) is 60.0 Å². The molecular formula is C31H35ClO5. The van der Waals surface area contributed by atoms with Crippen molar-refractivity contribution >= 4 is 23.1 Å². The predicted molar refractivity (Wildman–Crippen MR) is 147 cm³/mol. The van der Waals surface area contributed by atoms with Crippen LogP contribution in [0.15, 0.2) is 71.2 Å². The fraction of sp³-hybridized carbons (Fsp3) is 0.387. The molecule has 37 heavy (non-hydrogen) atoms. The molecule has 1 unspecified atom stereocenters. The summed E-state index contributed by atoms with van der Waals surface area (Å²) in [7, 11) is 0. The lowest BCUT2D eigenvalue weighted by molar-refractivity contribution is -0.131. The first kappa shape index (κ1) is 26.9. The van der Waals surface area contributed by atoms with Gasteiger partial charge < -0.3 is 18.9 Å². The molecule has 0 spiro atoms. The number of carbonyl (C=O) groups is 1. The molecular weight excluding hydrogens is 488 g/mol. The number of benzene rings is 2. The smallest absolute Gasteiger partial charge is 0.308 e. The second kappa shape index (κ2) is 11.9. The molecule has 6 heteroatoms. The van der Waals surface area contributed by atoms with E-state index in [0.29, 0.717) is 47.6 Å². The van der Waals surface area contributed by atoms with Gasteiger partial charge in [-0.3, -0.25) is 4.79 Å². The molecule has 0 amide bonds. The molecule has 2 aromatic rings. The van der Waals surface area contributed by atoms with E-state index in [1.807, 2.05) is 6.07 Å². The van der Waals surface area contributed by atoms with Gasteiger partial charge in [-0.2, -0.15) is 0 Å². The third-order valence-electron chi connectivity index (χ3n) is 6.46.